The third kappa shape index (κ3) is 4.79. The first kappa shape index (κ1) is 21.4. The quantitative estimate of drug-likeness (QED) is 0.645. The topological polar surface area (TPSA) is 83.5 Å². The Morgan fingerprint density at radius 1 is 1.43 bits per heavy atom. The van der Waals surface area contributed by atoms with Gasteiger partial charge in [0.15, 0.2) is 0 Å². The van der Waals surface area contributed by atoms with E-state index in [9.17, 15) is 23.2 Å². The second kappa shape index (κ2) is 9.43. The highest BCUT2D eigenvalue weighted by Crippen LogP contribution is 2.22. The largest absolute Gasteiger partial charge is 0.481 e. The molecule has 0 unspecified atom stereocenters. The molecule has 30 heavy (non-hydrogen) atoms. The van der Waals surface area contributed by atoms with Crippen LogP contribution in [0.4, 0.5) is 19.1 Å². The number of nitriles is 1. The molecule has 1 saturated heterocycles. The van der Waals surface area contributed by atoms with Gasteiger partial charge in [0.1, 0.15) is 12.4 Å². The third-order valence-corrected chi connectivity index (χ3v) is 4.81. The van der Waals surface area contributed by atoms with Crippen molar-refractivity contribution in [2.24, 2.45) is 4.99 Å². The summed E-state index contributed by atoms with van der Waals surface area (Å²) in [7, 11) is 0. The predicted molar refractivity (Wildman–Crippen MR) is 105 cm³/mol. The minimum atomic E-state index is -2.76. The molecule has 0 saturated carbocycles. The average Bonchev–Trinajstić information content (AvgIpc) is 2.74. The van der Waals surface area contributed by atoms with E-state index >= 15 is 0 Å². The van der Waals surface area contributed by atoms with Crippen LogP contribution in [0.2, 0.25) is 0 Å². The normalized spacial score (nSPS) is 16.4. The van der Waals surface area contributed by atoms with Crippen LogP contribution in [0.5, 0.6) is 5.75 Å². The fourth-order valence-electron chi connectivity index (χ4n) is 3.37. The minimum absolute atomic E-state index is 0.0392. The van der Waals surface area contributed by atoms with Crippen molar-refractivity contribution in [2.75, 3.05) is 24.6 Å². The monoisotopic (exact) mass is 419 g/mol. The molecule has 2 heterocycles. The van der Waals surface area contributed by atoms with Crippen LogP contribution in [0.25, 0.3) is 0 Å². The van der Waals surface area contributed by atoms with E-state index in [0.717, 1.165) is 31.2 Å². The molecule has 7 nitrogen and oxygen atoms in total. The Bertz CT molecular complexity index is 1020. The molecule has 10 heteroatoms. The maximum atomic E-state index is 13.8. The summed E-state index contributed by atoms with van der Waals surface area (Å²) in [5.74, 6) is -0.638. The number of halogens is 3. The summed E-state index contributed by atoms with van der Waals surface area (Å²) < 4.78 is 45.0. The van der Waals surface area contributed by atoms with Crippen LogP contribution in [-0.4, -0.2) is 48.4 Å². The lowest BCUT2D eigenvalue weighted by Crippen LogP contribution is -2.41. The fourth-order valence-corrected chi connectivity index (χ4v) is 3.37. The van der Waals surface area contributed by atoms with Crippen LogP contribution in [0.1, 0.15) is 24.0 Å². The lowest BCUT2D eigenvalue weighted by molar-refractivity contribution is 0.0807. The molecule has 1 aromatic carbocycles. The van der Waals surface area contributed by atoms with E-state index in [1.165, 1.54) is 10.6 Å². The molecule has 1 aliphatic rings. The Hall–Kier alpha value is -3.35. The molecule has 0 amide bonds. The van der Waals surface area contributed by atoms with Crippen molar-refractivity contribution in [3.63, 3.8) is 0 Å². The van der Waals surface area contributed by atoms with Crippen molar-refractivity contribution >= 4 is 12.7 Å². The third-order valence-electron chi connectivity index (χ3n) is 4.81. The number of ether oxygens (including phenoxy) is 1. The molecule has 1 atom stereocenters. The van der Waals surface area contributed by atoms with Crippen LogP contribution >= 0.6 is 0 Å². The summed E-state index contributed by atoms with van der Waals surface area (Å²) in [4.78, 5) is 23.2. The van der Waals surface area contributed by atoms with Crippen LogP contribution in [-0.2, 0) is 6.54 Å². The minimum Gasteiger partial charge on any atom is -0.481 e. The molecule has 1 aromatic heterocycles. The van der Waals surface area contributed by atoms with Gasteiger partial charge in [-0.3, -0.25) is 14.4 Å². The summed E-state index contributed by atoms with van der Waals surface area (Å²) in [6, 6.07) is 5.55. The fraction of sp³-hybridized carbons (Fsp3) is 0.400. The van der Waals surface area contributed by atoms with Crippen molar-refractivity contribution in [3.05, 3.63) is 51.7 Å². The molecule has 2 aromatic rings. The van der Waals surface area contributed by atoms with Gasteiger partial charge in [0.05, 0.1) is 30.4 Å². The van der Waals surface area contributed by atoms with Crippen molar-refractivity contribution in [2.45, 2.75) is 31.9 Å². The molecule has 0 aliphatic carbocycles. The second-order valence-electron chi connectivity index (χ2n) is 6.85. The number of alkyl halides is 2. The van der Waals surface area contributed by atoms with Gasteiger partial charge >= 0.3 is 0 Å². The average molecular weight is 419 g/mol. The Balaban J connectivity index is 2.06. The first-order chi connectivity index (χ1) is 14.4. The zero-order valence-electron chi connectivity index (χ0n) is 16.1. The first-order valence-corrected chi connectivity index (χ1v) is 9.33. The smallest absolute Gasteiger partial charge is 0.297 e. The summed E-state index contributed by atoms with van der Waals surface area (Å²) in [5.41, 5.74) is -0.232. The Labute approximate surface area is 171 Å². The number of hydrogen-bond donors (Lipinski definition) is 0. The molecule has 3 rings (SSSR count). The number of benzene rings is 1. The molecular weight excluding hydrogens is 399 g/mol. The van der Waals surface area contributed by atoms with Crippen LogP contribution in [0.15, 0.2) is 34.2 Å². The summed E-state index contributed by atoms with van der Waals surface area (Å²) in [6.07, 6.45) is 0.000130. The number of anilines is 1. The van der Waals surface area contributed by atoms with Gasteiger partial charge < -0.3 is 9.64 Å². The number of rotatable bonds is 7. The van der Waals surface area contributed by atoms with E-state index in [4.69, 9.17) is 4.74 Å². The van der Waals surface area contributed by atoms with E-state index in [1.54, 1.807) is 0 Å². The number of nitrogens with zero attached hydrogens (tertiary/aromatic N) is 5. The van der Waals surface area contributed by atoms with Gasteiger partial charge in [-0.15, -0.1) is 0 Å². The van der Waals surface area contributed by atoms with Crippen LogP contribution in [0.3, 0.4) is 0 Å². The van der Waals surface area contributed by atoms with Crippen molar-refractivity contribution in [1.82, 2.24) is 9.55 Å². The van der Waals surface area contributed by atoms with E-state index in [1.807, 2.05) is 11.0 Å². The Morgan fingerprint density at radius 3 is 2.93 bits per heavy atom. The lowest BCUT2D eigenvalue weighted by atomic mass is 10.1. The molecule has 158 valence electrons. The number of hydrogen-bond acceptors (Lipinski definition) is 6. The van der Waals surface area contributed by atoms with Gasteiger partial charge in [-0.05, 0) is 43.3 Å². The van der Waals surface area contributed by atoms with Gasteiger partial charge in [0, 0.05) is 13.1 Å². The van der Waals surface area contributed by atoms with E-state index in [-0.39, 0.29) is 35.4 Å². The molecule has 1 aliphatic heterocycles. The van der Waals surface area contributed by atoms with Gasteiger partial charge in [-0.2, -0.15) is 5.26 Å². The van der Waals surface area contributed by atoms with Gasteiger partial charge in [0.25, 0.3) is 12.0 Å². The first-order valence-electron chi connectivity index (χ1n) is 9.33. The van der Waals surface area contributed by atoms with Crippen molar-refractivity contribution in [1.29, 1.82) is 5.26 Å². The zero-order chi connectivity index (χ0) is 21.7. The van der Waals surface area contributed by atoms with Gasteiger partial charge in [-0.25, -0.2) is 18.2 Å². The summed E-state index contributed by atoms with van der Waals surface area (Å²) >= 11 is 0. The number of aromatic nitrogens is 2. The van der Waals surface area contributed by atoms with E-state index in [0.29, 0.717) is 13.1 Å². The highest BCUT2D eigenvalue weighted by Gasteiger charge is 2.24. The Morgan fingerprint density at radius 2 is 2.23 bits per heavy atom. The number of piperidine rings is 1. The van der Waals surface area contributed by atoms with Crippen molar-refractivity contribution in [3.8, 4) is 11.8 Å². The SMILES string of the molecule is C=N[C@@H]1CCCN(c2ncc(OCC(F)F)c(=O)n2Cc2cc(F)ccc2C#N)C1. The molecule has 0 spiro atoms. The molecule has 1 fully saturated rings. The molecule has 0 bridgehead atoms. The van der Waals surface area contributed by atoms with Crippen LogP contribution < -0.4 is 15.2 Å². The zero-order valence-corrected chi connectivity index (χ0v) is 16.1. The molecular formula is C20H20F3N5O2. The summed E-state index contributed by atoms with van der Waals surface area (Å²) in [5, 5.41) is 9.33. The lowest BCUT2D eigenvalue weighted by Gasteiger charge is -2.33. The predicted octanol–water partition coefficient (Wildman–Crippen LogP) is 2.62. The van der Waals surface area contributed by atoms with E-state index < -0.39 is 24.4 Å². The van der Waals surface area contributed by atoms with E-state index in [2.05, 4.69) is 16.7 Å². The number of aliphatic imine (C=N–C) groups is 1. The maximum Gasteiger partial charge on any atom is 0.297 e. The maximum absolute atomic E-state index is 13.8. The van der Waals surface area contributed by atoms with Crippen LogP contribution in [0, 0.1) is 17.1 Å². The highest BCUT2D eigenvalue weighted by atomic mass is 19.3. The Kier molecular flexibility index (Phi) is 6.72. The summed E-state index contributed by atoms with van der Waals surface area (Å²) in [6.45, 7) is 3.53. The second-order valence-corrected chi connectivity index (χ2v) is 6.85. The highest BCUT2D eigenvalue weighted by molar-refractivity contribution is 5.41. The standard InChI is InChI=1S/C20H20F3N5O2/c1-25-16-3-2-6-27(11-16)20-26-9-17(30-12-18(22)23)19(29)28(20)10-14-7-15(21)5-4-13(14)8-24/h4-5,7,9,16,18H,1-3,6,10-12H2/t16-/m1/s1. The molecule has 0 radical (unpaired) electrons. The van der Waals surface area contributed by atoms with Crippen molar-refractivity contribution < 1.29 is 17.9 Å². The van der Waals surface area contributed by atoms with Gasteiger partial charge in [-0.1, -0.05) is 0 Å². The van der Waals surface area contributed by atoms with Gasteiger partial charge in [0.2, 0.25) is 11.7 Å². The molecule has 0 N–H and O–H groups in total.